The summed E-state index contributed by atoms with van der Waals surface area (Å²) in [6.45, 7) is 1.78. The highest BCUT2D eigenvalue weighted by atomic mass is 35.5. The average Bonchev–Trinajstić information content (AvgIpc) is 3.52. The van der Waals surface area contributed by atoms with Crippen LogP contribution in [-0.2, 0) is 9.59 Å². The van der Waals surface area contributed by atoms with Crippen LogP contribution < -0.4 is 20.3 Å². The molecule has 182 valence electrons. The maximum absolute atomic E-state index is 13.6. The number of carbonyl (C=O) groups is 2. The molecule has 1 aliphatic rings. The van der Waals surface area contributed by atoms with Gasteiger partial charge in [0.2, 0.25) is 10.9 Å². The Hall–Kier alpha value is -4.34. The first kappa shape index (κ1) is 23.1. The van der Waals surface area contributed by atoms with Gasteiger partial charge in [-0.3, -0.25) is 19.3 Å². The van der Waals surface area contributed by atoms with E-state index in [1.54, 1.807) is 48.5 Å². The fraction of sp³-hybridized carbons (Fsp3) is 0.0741. The first-order chi connectivity index (χ1) is 17.9. The van der Waals surface area contributed by atoms with E-state index >= 15 is 0 Å². The van der Waals surface area contributed by atoms with Crippen molar-refractivity contribution in [2.75, 3.05) is 16.8 Å². The number of para-hydroxylation sites is 1. The number of nitrogens with one attached hydrogen (secondary N) is 1. The number of rotatable bonds is 4. The predicted molar refractivity (Wildman–Crippen MR) is 144 cm³/mol. The zero-order valence-electron chi connectivity index (χ0n) is 19.4. The lowest BCUT2D eigenvalue weighted by Crippen LogP contribution is -2.37. The molecule has 2 amide bonds. The van der Waals surface area contributed by atoms with Crippen molar-refractivity contribution in [1.82, 2.24) is 14.6 Å². The molecular formula is C27H18ClN5O3S. The van der Waals surface area contributed by atoms with Crippen molar-refractivity contribution in [2.45, 2.75) is 6.92 Å². The summed E-state index contributed by atoms with van der Waals surface area (Å²) in [5, 5.41) is 7.72. The van der Waals surface area contributed by atoms with Crippen LogP contribution in [0.3, 0.4) is 0 Å². The summed E-state index contributed by atoms with van der Waals surface area (Å²) in [6.07, 6.45) is 0. The van der Waals surface area contributed by atoms with Crippen LogP contribution in [-0.4, -0.2) is 33.0 Å². The molecule has 3 heterocycles. The fourth-order valence-corrected chi connectivity index (χ4v) is 5.37. The zero-order valence-corrected chi connectivity index (χ0v) is 21.0. The van der Waals surface area contributed by atoms with Gasteiger partial charge in [-0.2, -0.15) is 9.50 Å². The van der Waals surface area contributed by atoms with Gasteiger partial charge in [-0.25, -0.2) is 0 Å². The number of amides is 2. The van der Waals surface area contributed by atoms with Crippen molar-refractivity contribution < 1.29 is 9.59 Å². The van der Waals surface area contributed by atoms with E-state index in [1.165, 1.54) is 9.42 Å². The van der Waals surface area contributed by atoms with Gasteiger partial charge in [-0.15, -0.1) is 5.10 Å². The van der Waals surface area contributed by atoms with Crippen LogP contribution in [0.1, 0.15) is 11.1 Å². The molecule has 2 aromatic heterocycles. The summed E-state index contributed by atoms with van der Waals surface area (Å²) < 4.78 is 1.47. The lowest BCUT2D eigenvalue weighted by molar-refractivity contribution is -0.118. The average molecular weight is 528 g/mol. The second-order valence-corrected chi connectivity index (χ2v) is 9.98. The van der Waals surface area contributed by atoms with Crippen LogP contribution >= 0.6 is 22.9 Å². The Bertz CT molecular complexity index is 1810. The van der Waals surface area contributed by atoms with Gasteiger partial charge in [0.05, 0.1) is 11.3 Å². The molecule has 0 saturated carbocycles. The summed E-state index contributed by atoms with van der Waals surface area (Å²) in [4.78, 5) is 46.0. The Morgan fingerprint density at radius 2 is 1.73 bits per heavy atom. The number of nitrogens with zero attached hydrogens (tertiary/aromatic N) is 4. The largest absolute Gasteiger partial charge is 0.325 e. The van der Waals surface area contributed by atoms with E-state index in [-0.39, 0.29) is 22.6 Å². The lowest BCUT2D eigenvalue weighted by atomic mass is 10.1. The van der Waals surface area contributed by atoms with Crippen molar-refractivity contribution in [3.05, 3.63) is 104 Å². The predicted octanol–water partition coefficient (Wildman–Crippen LogP) is 3.68. The van der Waals surface area contributed by atoms with Gasteiger partial charge in [0.25, 0.3) is 11.5 Å². The third-order valence-electron chi connectivity index (χ3n) is 6.05. The number of benzene rings is 3. The molecule has 3 aromatic carbocycles. The molecule has 10 heteroatoms. The molecule has 5 aromatic rings. The smallest absolute Gasteiger partial charge is 0.291 e. The van der Waals surface area contributed by atoms with E-state index < -0.39 is 11.5 Å². The third kappa shape index (κ3) is 4.08. The van der Waals surface area contributed by atoms with Gasteiger partial charge in [0, 0.05) is 21.8 Å². The summed E-state index contributed by atoms with van der Waals surface area (Å²) >= 11 is 7.02. The molecule has 0 aliphatic carbocycles. The molecule has 0 bridgehead atoms. The number of hydrogen-bond donors (Lipinski definition) is 1. The molecule has 0 unspecified atom stereocenters. The van der Waals surface area contributed by atoms with Crippen LogP contribution in [0.5, 0.6) is 0 Å². The maximum atomic E-state index is 13.6. The molecule has 0 fully saturated rings. The summed E-state index contributed by atoms with van der Waals surface area (Å²) in [5.41, 5.74) is 3.45. The molecular weight excluding hydrogens is 510 g/mol. The number of halogens is 1. The van der Waals surface area contributed by atoms with Gasteiger partial charge in [0.15, 0.2) is 5.82 Å². The topological polar surface area (TPSA) is 96.7 Å². The number of anilines is 2. The van der Waals surface area contributed by atoms with Gasteiger partial charge >= 0.3 is 0 Å². The molecule has 6 rings (SSSR count). The SMILES string of the molecule is Cc1ccc(-c2nc3sc(=C4C(=O)N(CC(=O)Nc5ccc(Cl)cc5)c5ccccc54)c(=O)n3n2)cc1. The van der Waals surface area contributed by atoms with Crippen LogP contribution in [0.4, 0.5) is 11.4 Å². The maximum Gasteiger partial charge on any atom is 0.291 e. The number of aromatic nitrogens is 3. The normalized spacial score (nSPS) is 14.3. The standard InChI is InChI=1S/C27H18ClN5O3S/c1-15-6-8-16(9-7-15)24-30-27-33(31-24)26(36)23(37-27)22-19-4-2-3-5-20(19)32(25(22)35)14-21(34)29-18-12-10-17(28)11-13-18/h2-13H,14H2,1H3,(H,29,34). The monoisotopic (exact) mass is 527 g/mol. The Balaban J connectivity index is 1.38. The fourth-order valence-electron chi connectivity index (χ4n) is 4.24. The van der Waals surface area contributed by atoms with Gasteiger partial charge in [-0.1, -0.05) is 71.0 Å². The minimum atomic E-state index is -0.423. The van der Waals surface area contributed by atoms with E-state index in [2.05, 4.69) is 15.4 Å². The number of hydrogen-bond acceptors (Lipinski definition) is 6. The molecule has 0 radical (unpaired) electrons. The van der Waals surface area contributed by atoms with Gasteiger partial charge in [-0.05, 0) is 37.3 Å². The van der Waals surface area contributed by atoms with Crippen molar-refractivity contribution in [2.24, 2.45) is 0 Å². The van der Waals surface area contributed by atoms with E-state index in [0.717, 1.165) is 22.5 Å². The lowest BCUT2D eigenvalue weighted by Gasteiger charge is -2.16. The van der Waals surface area contributed by atoms with Crippen molar-refractivity contribution in [1.29, 1.82) is 0 Å². The Labute approximate surface area is 219 Å². The number of aryl methyl sites for hydroxylation is 1. The van der Waals surface area contributed by atoms with Gasteiger partial charge in [0.1, 0.15) is 11.1 Å². The number of thiazole rings is 1. The highest BCUT2D eigenvalue weighted by Crippen LogP contribution is 2.35. The first-order valence-electron chi connectivity index (χ1n) is 11.4. The van der Waals surface area contributed by atoms with Crippen LogP contribution in [0.2, 0.25) is 5.02 Å². The first-order valence-corrected chi connectivity index (χ1v) is 12.6. The quantitative estimate of drug-likeness (QED) is 0.384. The summed E-state index contributed by atoms with van der Waals surface area (Å²) in [5.74, 6) is -0.356. The minimum Gasteiger partial charge on any atom is -0.325 e. The molecule has 0 spiro atoms. The summed E-state index contributed by atoms with van der Waals surface area (Å²) in [7, 11) is 0. The second kappa shape index (κ2) is 8.95. The van der Waals surface area contributed by atoms with Gasteiger partial charge < -0.3 is 5.32 Å². The second-order valence-electron chi connectivity index (χ2n) is 8.57. The minimum absolute atomic E-state index is 0.214. The van der Waals surface area contributed by atoms with E-state index in [1.807, 2.05) is 31.2 Å². The zero-order chi connectivity index (χ0) is 25.7. The molecule has 0 saturated heterocycles. The number of fused-ring (bicyclic) bond motifs is 2. The molecule has 8 nitrogen and oxygen atoms in total. The van der Waals surface area contributed by atoms with E-state index in [0.29, 0.717) is 32.7 Å². The van der Waals surface area contributed by atoms with Crippen molar-refractivity contribution in [3.63, 3.8) is 0 Å². The van der Waals surface area contributed by atoms with Crippen LogP contribution in [0.25, 0.3) is 21.9 Å². The highest BCUT2D eigenvalue weighted by molar-refractivity contribution is 7.15. The molecule has 0 atom stereocenters. The Morgan fingerprint density at radius 3 is 2.46 bits per heavy atom. The number of carbonyl (C=O) groups excluding carboxylic acids is 2. The molecule has 1 N–H and O–H groups in total. The van der Waals surface area contributed by atoms with Crippen LogP contribution in [0, 0.1) is 6.92 Å². The van der Waals surface area contributed by atoms with E-state index in [9.17, 15) is 14.4 Å². The Kier molecular flexibility index (Phi) is 5.58. The summed E-state index contributed by atoms with van der Waals surface area (Å²) in [6, 6.07) is 21.5. The van der Waals surface area contributed by atoms with Crippen molar-refractivity contribution >= 4 is 56.7 Å². The highest BCUT2D eigenvalue weighted by Gasteiger charge is 2.35. The third-order valence-corrected chi connectivity index (χ3v) is 7.33. The van der Waals surface area contributed by atoms with Crippen molar-refractivity contribution in [3.8, 4) is 11.4 Å². The molecule has 1 aliphatic heterocycles. The van der Waals surface area contributed by atoms with Crippen LogP contribution in [0.15, 0.2) is 77.6 Å². The van der Waals surface area contributed by atoms with E-state index in [4.69, 9.17) is 11.6 Å². The Morgan fingerprint density at radius 1 is 1.00 bits per heavy atom. The molecule has 37 heavy (non-hydrogen) atoms.